The number of pyridine rings is 1. The maximum Gasteiger partial charge on any atom is 0.213 e. The molecule has 1 aromatic rings. The molecular weight excluding hydrogens is 364 g/mol. The highest BCUT2D eigenvalue weighted by Gasteiger charge is 2.35. The quantitative estimate of drug-likeness (QED) is 0.558. The van der Waals surface area contributed by atoms with Crippen LogP contribution in [-0.4, -0.2) is 43.4 Å². The number of hydrogen-bond acceptors (Lipinski definition) is 4. The van der Waals surface area contributed by atoms with Crippen molar-refractivity contribution in [1.82, 2.24) is 15.6 Å². The van der Waals surface area contributed by atoms with Crippen molar-refractivity contribution in [2.24, 2.45) is 16.3 Å². The molecule has 1 saturated heterocycles. The van der Waals surface area contributed by atoms with E-state index in [-0.39, 0.29) is 11.5 Å². The first-order valence-electron chi connectivity index (χ1n) is 11.1. The number of rotatable bonds is 6. The molecule has 1 saturated carbocycles. The second kappa shape index (κ2) is 10.3. The van der Waals surface area contributed by atoms with Gasteiger partial charge in [-0.05, 0) is 49.5 Å². The third-order valence-electron chi connectivity index (χ3n) is 5.90. The number of guanidine groups is 1. The van der Waals surface area contributed by atoms with E-state index in [9.17, 15) is 0 Å². The van der Waals surface area contributed by atoms with Gasteiger partial charge in [-0.2, -0.15) is 0 Å². The van der Waals surface area contributed by atoms with Crippen molar-refractivity contribution < 1.29 is 9.47 Å². The minimum absolute atomic E-state index is 0.150. The lowest BCUT2D eigenvalue weighted by molar-refractivity contribution is -0.0835. The summed E-state index contributed by atoms with van der Waals surface area (Å²) in [6.07, 6.45) is 9.65. The Morgan fingerprint density at radius 1 is 1.17 bits per heavy atom. The zero-order chi connectivity index (χ0) is 20.7. The number of aliphatic imine (C=N–C) groups is 1. The van der Waals surface area contributed by atoms with Gasteiger partial charge in [-0.15, -0.1) is 0 Å². The summed E-state index contributed by atoms with van der Waals surface area (Å²) in [6, 6.07) is 4.04. The van der Waals surface area contributed by atoms with Crippen LogP contribution in [0.4, 0.5) is 0 Å². The Labute approximate surface area is 175 Å². The molecule has 1 aliphatic heterocycles. The maximum atomic E-state index is 6.09. The second-order valence-corrected chi connectivity index (χ2v) is 9.40. The lowest BCUT2D eigenvalue weighted by Gasteiger charge is -2.40. The lowest BCUT2D eigenvalue weighted by atomic mass is 9.78. The number of hydrogen-bond donors (Lipinski definition) is 2. The van der Waals surface area contributed by atoms with Crippen LogP contribution < -0.4 is 15.4 Å². The Morgan fingerprint density at radius 3 is 2.62 bits per heavy atom. The largest absolute Gasteiger partial charge is 0.474 e. The molecule has 2 aliphatic rings. The molecule has 3 rings (SSSR count). The average molecular weight is 403 g/mol. The Morgan fingerprint density at radius 2 is 1.97 bits per heavy atom. The Kier molecular flexibility index (Phi) is 7.76. The summed E-state index contributed by atoms with van der Waals surface area (Å²) in [7, 11) is 1.81. The van der Waals surface area contributed by atoms with E-state index in [1.165, 1.54) is 19.3 Å². The Bertz CT molecular complexity index is 648. The van der Waals surface area contributed by atoms with E-state index in [4.69, 9.17) is 9.47 Å². The highest BCUT2D eigenvalue weighted by Crippen LogP contribution is 2.33. The number of nitrogens with one attached hydrogen (secondary N) is 2. The number of aromatic nitrogens is 1. The molecule has 2 fully saturated rings. The standard InChI is InChI=1S/C23H38N4O2/c1-23(2,3)21-18(8-7-13-28-21)16-27-22(24-4)26-15-17-11-12-20(25-14-17)29-19-9-5-6-10-19/h11-12,14,18-19,21H,5-10,13,15-16H2,1-4H3,(H2,24,26,27). The van der Waals surface area contributed by atoms with Crippen LogP contribution in [0.2, 0.25) is 0 Å². The molecule has 0 radical (unpaired) electrons. The highest BCUT2D eigenvalue weighted by molar-refractivity contribution is 5.79. The number of ether oxygens (including phenoxy) is 2. The first kappa shape index (κ1) is 21.9. The number of nitrogens with zero attached hydrogens (tertiary/aromatic N) is 2. The zero-order valence-electron chi connectivity index (χ0n) is 18.5. The van der Waals surface area contributed by atoms with Crippen molar-refractivity contribution in [3.63, 3.8) is 0 Å². The Balaban J connectivity index is 1.45. The SMILES string of the molecule is CN=C(NCc1ccc(OC2CCCC2)nc1)NCC1CCCOC1C(C)(C)C. The summed E-state index contributed by atoms with van der Waals surface area (Å²) in [5.41, 5.74) is 1.26. The molecule has 2 N–H and O–H groups in total. The van der Waals surface area contributed by atoms with Gasteiger partial charge in [0.1, 0.15) is 6.10 Å². The minimum atomic E-state index is 0.150. The van der Waals surface area contributed by atoms with Crippen molar-refractivity contribution in [2.45, 2.75) is 78.0 Å². The average Bonchev–Trinajstić information content (AvgIpc) is 3.22. The first-order valence-corrected chi connectivity index (χ1v) is 11.1. The van der Waals surface area contributed by atoms with Crippen LogP contribution in [0, 0.1) is 11.3 Å². The van der Waals surface area contributed by atoms with Crippen LogP contribution in [0.5, 0.6) is 5.88 Å². The van der Waals surface area contributed by atoms with Gasteiger partial charge in [0.25, 0.3) is 0 Å². The van der Waals surface area contributed by atoms with Gasteiger partial charge in [0.2, 0.25) is 5.88 Å². The van der Waals surface area contributed by atoms with Gasteiger partial charge in [0.05, 0.1) is 6.10 Å². The van der Waals surface area contributed by atoms with Crippen LogP contribution in [-0.2, 0) is 11.3 Å². The predicted molar refractivity (Wildman–Crippen MR) is 117 cm³/mol. The van der Waals surface area contributed by atoms with E-state index in [1.54, 1.807) is 0 Å². The molecule has 1 aliphatic carbocycles. The molecule has 2 heterocycles. The molecular formula is C23H38N4O2. The normalized spacial score (nSPS) is 23.8. The van der Waals surface area contributed by atoms with E-state index in [0.717, 1.165) is 49.8 Å². The lowest BCUT2D eigenvalue weighted by Crippen LogP contribution is -2.47. The van der Waals surface area contributed by atoms with Gasteiger partial charge in [-0.3, -0.25) is 4.99 Å². The third-order valence-corrected chi connectivity index (χ3v) is 5.90. The maximum absolute atomic E-state index is 6.09. The van der Waals surface area contributed by atoms with Gasteiger partial charge in [-0.1, -0.05) is 26.8 Å². The van der Waals surface area contributed by atoms with Gasteiger partial charge < -0.3 is 20.1 Å². The van der Waals surface area contributed by atoms with Crippen LogP contribution in [0.1, 0.15) is 64.9 Å². The van der Waals surface area contributed by atoms with Crippen molar-refractivity contribution in [2.75, 3.05) is 20.2 Å². The monoisotopic (exact) mass is 402 g/mol. The second-order valence-electron chi connectivity index (χ2n) is 9.40. The predicted octanol–water partition coefficient (Wildman–Crippen LogP) is 3.91. The first-order chi connectivity index (χ1) is 14.0. The molecule has 2 atom stereocenters. The summed E-state index contributed by atoms with van der Waals surface area (Å²) < 4.78 is 12.0. The fraction of sp³-hybridized carbons (Fsp3) is 0.739. The smallest absolute Gasteiger partial charge is 0.213 e. The molecule has 0 aromatic carbocycles. The third kappa shape index (κ3) is 6.59. The fourth-order valence-corrected chi connectivity index (χ4v) is 4.41. The topological polar surface area (TPSA) is 67.8 Å². The van der Waals surface area contributed by atoms with Crippen LogP contribution in [0.25, 0.3) is 0 Å². The zero-order valence-corrected chi connectivity index (χ0v) is 18.5. The van der Waals surface area contributed by atoms with E-state index in [0.29, 0.717) is 18.6 Å². The van der Waals surface area contributed by atoms with E-state index in [2.05, 4.69) is 47.4 Å². The Hall–Kier alpha value is -1.82. The fourth-order valence-electron chi connectivity index (χ4n) is 4.41. The van der Waals surface area contributed by atoms with E-state index >= 15 is 0 Å². The molecule has 0 bridgehead atoms. The molecule has 6 heteroatoms. The minimum Gasteiger partial charge on any atom is -0.474 e. The van der Waals surface area contributed by atoms with Crippen LogP contribution >= 0.6 is 0 Å². The van der Waals surface area contributed by atoms with Gasteiger partial charge >= 0.3 is 0 Å². The van der Waals surface area contributed by atoms with Crippen molar-refractivity contribution in [3.05, 3.63) is 23.9 Å². The summed E-state index contributed by atoms with van der Waals surface area (Å²) in [5, 5.41) is 6.87. The summed E-state index contributed by atoms with van der Waals surface area (Å²) in [5.74, 6) is 2.04. The summed E-state index contributed by atoms with van der Waals surface area (Å²) in [6.45, 7) is 9.20. The molecule has 1 aromatic heterocycles. The van der Waals surface area contributed by atoms with E-state index < -0.39 is 0 Å². The molecule has 6 nitrogen and oxygen atoms in total. The van der Waals surface area contributed by atoms with Gasteiger partial charge in [0.15, 0.2) is 5.96 Å². The van der Waals surface area contributed by atoms with Crippen LogP contribution in [0.3, 0.4) is 0 Å². The summed E-state index contributed by atoms with van der Waals surface area (Å²) in [4.78, 5) is 8.83. The van der Waals surface area contributed by atoms with Crippen molar-refractivity contribution in [1.29, 1.82) is 0 Å². The van der Waals surface area contributed by atoms with Crippen molar-refractivity contribution >= 4 is 5.96 Å². The molecule has 0 amide bonds. The molecule has 0 spiro atoms. The molecule has 29 heavy (non-hydrogen) atoms. The van der Waals surface area contributed by atoms with Crippen molar-refractivity contribution in [3.8, 4) is 5.88 Å². The highest BCUT2D eigenvalue weighted by atomic mass is 16.5. The van der Waals surface area contributed by atoms with Crippen LogP contribution in [0.15, 0.2) is 23.3 Å². The molecule has 162 valence electrons. The summed E-state index contributed by atoms with van der Waals surface area (Å²) >= 11 is 0. The van der Waals surface area contributed by atoms with Gasteiger partial charge in [0, 0.05) is 44.9 Å². The van der Waals surface area contributed by atoms with E-state index in [1.807, 2.05) is 19.3 Å². The molecule has 2 unspecified atom stereocenters. The van der Waals surface area contributed by atoms with Gasteiger partial charge in [-0.25, -0.2) is 4.98 Å².